The molecule has 78 valence electrons. The molecule has 0 bridgehead atoms. The molecule has 1 aliphatic heterocycles. The van der Waals surface area contributed by atoms with Gasteiger partial charge in [0.15, 0.2) is 5.15 Å². The third-order valence-electron chi connectivity index (χ3n) is 2.49. The molecule has 2 heterocycles. The molecule has 0 atom stereocenters. The summed E-state index contributed by atoms with van der Waals surface area (Å²) < 4.78 is 7.04. The van der Waals surface area contributed by atoms with E-state index >= 15 is 0 Å². The van der Waals surface area contributed by atoms with Crippen LogP contribution in [0.2, 0.25) is 5.15 Å². The summed E-state index contributed by atoms with van der Waals surface area (Å²) in [5, 5.41) is 4.92. The Morgan fingerprint density at radius 2 is 2.14 bits per heavy atom. The highest BCUT2D eigenvalue weighted by atomic mass is 35.5. The van der Waals surface area contributed by atoms with E-state index in [0.717, 1.165) is 18.8 Å². The van der Waals surface area contributed by atoms with Crippen LogP contribution in [-0.2, 0) is 10.2 Å². The zero-order chi connectivity index (χ0) is 10.3. The number of hydrogen-bond donors (Lipinski definition) is 0. The Kier molecular flexibility index (Phi) is 2.32. The maximum atomic E-state index is 6.08. The van der Waals surface area contributed by atoms with Crippen LogP contribution in [0.4, 0.5) is 0 Å². The molecule has 0 radical (unpaired) electrons. The maximum absolute atomic E-state index is 6.08. The molecule has 0 spiro atoms. The topological polar surface area (TPSA) is 27.1 Å². The second kappa shape index (κ2) is 3.24. The zero-order valence-electron chi connectivity index (χ0n) is 8.75. The van der Waals surface area contributed by atoms with Crippen LogP contribution in [0.3, 0.4) is 0 Å². The molecule has 1 saturated heterocycles. The smallest absolute Gasteiger partial charge is 0.154 e. The summed E-state index contributed by atoms with van der Waals surface area (Å²) in [6, 6.07) is 0.378. The Bertz CT molecular complexity index is 336. The van der Waals surface area contributed by atoms with Gasteiger partial charge in [0.1, 0.15) is 0 Å². The minimum Gasteiger partial charge on any atom is -0.377 e. The lowest BCUT2D eigenvalue weighted by Gasteiger charge is -2.26. The third-order valence-corrected chi connectivity index (χ3v) is 2.77. The second-order valence-electron chi connectivity index (χ2n) is 4.75. The van der Waals surface area contributed by atoms with Crippen LogP contribution in [0.25, 0.3) is 0 Å². The van der Waals surface area contributed by atoms with Gasteiger partial charge in [0, 0.05) is 11.8 Å². The van der Waals surface area contributed by atoms with Crippen LogP contribution in [0.15, 0.2) is 6.20 Å². The van der Waals surface area contributed by atoms with E-state index in [1.807, 2.05) is 10.9 Å². The van der Waals surface area contributed by atoms with Crippen molar-refractivity contribution >= 4 is 11.6 Å². The van der Waals surface area contributed by atoms with Crippen molar-refractivity contribution in [3.8, 4) is 0 Å². The van der Waals surface area contributed by atoms with Crippen LogP contribution < -0.4 is 0 Å². The normalized spacial score (nSPS) is 18.3. The Labute approximate surface area is 89.0 Å². The van der Waals surface area contributed by atoms with Gasteiger partial charge in [-0.3, -0.25) is 4.68 Å². The van der Waals surface area contributed by atoms with Crippen LogP contribution in [0.1, 0.15) is 32.4 Å². The Balaban J connectivity index is 2.29. The predicted octanol–water partition coefficient (Wildman–Crippen LogP) is 2.41. The molecule has 2 rings (SSSR count). The number of aromatic nitrogens is 2. The zero-order valence-corrected chi connectivity index (χ0v) is 9.51. The molecule has 1 aromatic heterocycles. The van der Waals surface area contributed by atoms with Gasteiger partial charge in [0.25, 0.3) is 0 Å². The van der Waals surface area contributed by atoms with Crippen molar-refractivity contribution in [2.24, 2.45) is 0 Å². The van der Waals surface area contributed by atoms with Gasteiger partial charge in [0.2, 0.25) is 0 Å². The van der Waals surface area contributed by atoms with Crippen molar-refractivity contribution in [3.05, 3.63) is 16.9 Å². The minimum atomic E-state index is 0.0555. The summed E-state index contributed by atoms with van der Waals surface area (Å²) in [4.78, 5) is 0. The first-order valence-electron chi connectivity index (χ1n) is 4.81. The summed E-state index contributed by atoms with van der Waals surface area (Å²) in [6.45, 7) is 7.91. The van der Waals surface area contributed by atoms with E-state index in [4.69, 9.17) is 16.3 Å². The van der Waals surface area contributed by atoms with Crippen LogP contribution in [0.5, 0.6) is 0 Å². The first kappa shape index (κ1) is 9.99. The van der Waals surface area contributed by atoms with E-state index < -0.39 is 0 Å². The molecule has 1 aliphatic rings. The van der Waals surface area contributed by atoms with Gasteiger partial charge < -0.3 is 4.74 Å². The van der Waals surface area contributed by atoms with Gasteiger partial charge in [-0.2, -0.15) is 5.10 Å². The monoisotopic (exact) mass is 214 g/mol. The van der Waals surface area contributed by atoms with Crippen molar-refractivity contribution in [2.45, 2.75) is 32.2 Å². The molecule has 0 amide bonds. The van der Waals surface area contributed by atoms with Crippen molar-refractivity contribution < 1.29 is 4.74 Å². The number of hydrogen-bond acceptors (Lipinski definition) is 2. The van der Waals surface area contributed by atoms with Gasteiger partial charge in [0.05, 0.1) is 19.3 Å². The van der Waals surface area contributed by atoms with E-state index in [9.17, 15) is 0 Å². The van der Waals surface area contributed by atoms with E-state index in [1.54, 1.807) is 0 Å². The molecule has 0 aliphatic carbocycles. The number of rotatable bonds is 1. The van der Waals surface area contributed by atoms with E-state index in [1.165, 1.54) is 0 Å². The fourth-order valence-corrected chi connectivity index (χ4v) is 1.86. The van der Waals surface area contributed by atoms with Crippen molar-refractivity contribution in [1.29, 1.82) is 0 Å². The molecule has 0 saturated carbocycles. The highest BCUT2D eigenvalue weighted by molar-refractivity contribution is 6.30. The van der Waals surface area contributed by atoms with Crippen molar-refractivity contribution in [2.75, 3.05) is 13.2 Å². The fraction of sp³-hybridized carbons (Fsp3) is 0.700. The molecule has 0 unspecified atom stereocenters. The molecular formula is C10H15ClN2O. The van der Waals surface area contributed by atoms with E-state index in [2.05, 4.69) is 25.9 Å². The lowest BCUT2D eigenvalue weighted by Crippen LogP contribution is -2.31. The lowest BCUT2D eigenvalue weighted by molar-refractivity contribution is -0.0286. The van der Waals surface area contributed by atoms with Gasteiger partial charge in [-0.1, -0.05) is 32.4 Å². The number of nitrogens with zero attached hydrogens (tertiary/aromatic N) is 2. The molecule has 1 aromatic rings. The molecule has 14 heavy (non-hydrogen) atoms. The molecule has 4 heteroatoms. The van der Waals surface area contributed by atoms with Gasteiger partial charge in [-0.05, 0) is 5.41 Å². The summed E-state index contributed by atoms with van der Waals surface area (Å²) >= 11 is 6.08. The fourth-order valence-electron chi connectivity index (χ4n) is 1.44. The average molecular weight is 215 g/mol. The van der Waals surface area contributed by atoms with Crippen LogP contribution >= 0.6 is 11.6 Å². The second-order valence-corrected chi connectivity index (χ2v) is 5.11. The van der Waals surface area contributed by atoms with Gasteiger partial charge >= 0.3 is 0 Å². The summed E-state index contributed by atoms with van der Waals surface area (Å²) in [7, 11) is 0. The summed E-state index contributed by atoms with van der Waals surface area (Å²) in [5.74, 6) is 0. The average Bonchev–Trinajstić information content (AvgIpc) is 2.25. The standard InChI is InChI=1S/C10H15ClN2O/c1-10(2,3)8-4-13(12-9(8)11)7-5-14-6-7/h4,7H,5-6H2,1-3H3. The highest BCUT2D eigenvalue weighted by Crippen LogP contribution is 2.30. The van der Waals surface area contributed by atoms with Gasteiger partial charge in [-0.25, -0.2) is 0 Å². The predicted molar refractivity (Wildman–Crippen MR) is 55.8 cm³/mol. The molecule has 0 N–H and O–H groups in total. The first-order chi connectivity index (χ1) is 6.48. The Hall–Kier alpha value is -0.540. The first-order valence-corrected chi connectivity index (χ1v) is 5.19. The van der Waals surface area contributed by atoms with Crippen LogP contribution in [0, 0.1) is 0 Å². The van der Waals surface area contributed by atoms with Crippen molar-refractivity contribution in [3.63, 3.8) is 0 Å². The Morgan fingerprint density at radius 3 is 2.50 bits per heavy atom. The minimum absolute atomic E-state index is 0.0555. The number of ether oxygens (including phenoxy) is 1. The summed E-state index contributed by atoms with van der Waals surface area (Å²) in [5.41, 5.74) is 1.16. The maximum Gasteiger partial charge on any atom is 0.154 e. The van der Waals surface area contributed by atoms with Crippen LogP contribution in [-0.4, -0.2) is 23.0 Å². The molecule has 3 nitrogen and oxygen atoms in total. The van der Waals surface area contributed by atoms with Crippen molar-refractivity contribution in [1.82, 2.24) is 9.78 Å². The molecule has 1 fully saturated rings. The van der Waals surface area contributed by atoms with Gasteiger partial charge in [-0.15, -0.1) is 0 Å². The third kappa shape index (κ3) is 1.66. The lowest BCUT2D eigenvalue weighted by atomic mass is 9.90. The largest absolute Gasteiger partial charge is 0.377 e. The SMILES string of the molecule is CC(C)(C)c1cn(C2COC2)nc1Cl. The van der Waals surface area contributed by atoms with E-state index in [0.29, 0.717) is 11.2 Å². The Morgan fingerprint density at radius 1 is 1.50 bits per heavy atom. The van der Waals surface area contributed by atoms with E-state index in [-0.39, 0.29) is 5.41 Å². The number of halogens is 1. The quantitative estimate of drug-likeness (QED) is 0.718. The summed E-state index contributed by atoms with van der Waals surface area (Å²) in [6.07, 6.45) is 2.04. The molecular weight excluding hydrogens is 200 g/mol. The molecule has 0 aromatic carbocycles. The highest BCUT2D eigenvalue weighted by Gasteiger charge is 2.26.